The number of rotatable bonds is 6. The van der Waals surface area contributed by atoms with Crippen LogP contribution in [0.2, 0.25) is 0 Å². The highest BCUT2D eigenvalue weighted by Gasteiger charge is 2.54. The highest BCUT2D eigenvalue weighted by Crippen LogP contribution is 2.33. The number of likely N-dealkylation sites (tertiary alicyclic amines) is 2. The summed E-state index contributed by atoms with van der Waals surface area (Å²) in [5.74, 6) is 0.0728. The summed E-state index contributed by atoms with van der Waals surface area (Å²) in [4.78, 5) is 43.8. The average Bonchev–Trinajstić information content (AvgIpc) is 3.48. The first-order valence-corrected chi connectivity index (χ1v) is 13.5. The molecule has 8 heteroatoms. The molecular formula is C28H39N3O5. The Kier molecular flexibility index (Phi) is 7.74. The normalized spacial score (nSPS) is 28.8. The lowest BCUT2D eigenvalue weighted by Crippen LogP contribution is -2.55. The second kappa shape index (κ2) is 11.0. The minimum absolute atomic E-state index is 0.00303. The molecule has 0 aromatic heterocycles. The van der Waals surface area contributed by atoms with Gasteiger partial charge in [-0.3, -0.25) is 14.4 Å². The molecule has 1 N–H and O–H groups in total. The van der Waals surface area contributed by atoms with E-state index in [2.05, 4.69) is 29.4 Å². The molecule has 5 rings (SSSR count). The zero-order chi connectivity index (χ0) is 25.2. The van der Waals surface area contributed by atoms with Gasteiger partial charge in [-0.25, -0.2) is 0 Å². The van der Waals surface area contributed by atoms with Crippen LogP contribution in [0.1, 0.15) is 66.8 Å². The Morgan fingerprint density at radius 3 is 2.42 bits per heavy atom. The number of ketones is 1. The first-order chi connectivity index (χ1) is 17.5. The SMILES string of the molecule is CO[C@H]1CN(C(=O)[C@@H](NC(=O)c2ccc(C3CCN(C)CC3)cc2)C2CCCCC2)[C@@H]2C(=O)CO[C@H]12. The zero-order valence-electron chi connectivity index (χ0n) is 21.5. The number of methoxy groups -OCH3 is 1. The zero-order valence-corrected chi connectivity index (χ0v) is 21.5. The molecule has 1 aliphatic carbocycles. The summed E-state index contributed by atoms with van der Waals surface area (Å²) in [5.41, 5.74) is 1.84. The second-order valence-corrected chi connectivity index (χ2v) is 11.0. The predicted molar refractivity (Wildman–Crippen MR) is 135 cm³/mol. The quantitative estimate of drug-likeness (QED) is 0.649. The van der Waals surface area contributed by atoms with E-state index in [-0.39, 0.29) is 36.2 Å². The van der Waals surface area contributed by atoms with Gasteiger partial charge < -0.3 is 24.6 Å². The summed E-state index contributed by atoms with van der Waals surface area (Å²) < 4.78 is 11.2. The van der Waals surface area contributed by atoms with Gasteiger partial charge in [-0.05, 0) is 75.4 Å². The molecule has 4 fully saturated rings. The van der Waals surface area contributed by atoms with Crippen LogP contribution in [0.15, 0.2) is 24.3 Å². The number of nitrogens with one attached hydrogen (secondary N) is 1. The molecule has 4 atom stereocenters. The van der Waals surface area contributed by atoms with Crippen molar-refractivity contribution in [2.75, 3.05) is 40.4 Å². The second-order valence-electron chi connectivity index (χ2n) is 11.0. The molecule has 0 radical (unpaired) electrons. The van der Waals surface area contributed by atoms with E-state index in [1.54, 1.807) is 12.0 Å². The number of ether oxygens (including phenoxy) is 2. The fourth-order valence-corrected chi connectivity index (χ4v) is 6.55. The maximum Gasteiger partial charge on any atom is 0.251 e. The van der Waals surface area contributed by atoms with Crippen molar-refractivity contribution >= 4 is 17.6 Å². The van der Waals surface area contributed by atoms with Crippen molar-refractivity contribution in [3.05, 3.63) is 35.4 Å². The maximum absolute atomic E-state index is 13.9. The molecule has 2 amide bonds. The Hall–Kier alpha value is -2.29. The number of hydrogen-bond donors (Lipinski definition) is 1. The fraction of sp³-hybridized carbons (Fsp3) is 0.679. The summed E-state index contributed by atoms with van der Waals surface area (Å²) in [7, 11) is 3.73. The molecule has 8 nitrogen and oxygen atoms in total. The van der Waals surface area contributed by atoms with Crippen LogP contribution < -0.4 is 5.32 Å². The van der Waals surface area contributed by atoms with Crippen LogP contribution in [0.5, 0.6) is 0 Å². The number of fused-ring (bicyclic) bond motifs is 1. The van der Waals surface area contributed by atoms with Gasteiger partial charge in [-0.1, -0.05) is 31.4 Å². The van der Waals surface area contributed by atoms with Crippen LogP contribution >= 0.6 is 0 Å². The summed E-state index contributed by atoms with van der Waals surface area (Å²) in [6.07, 6.45) is 6.52. The summed E-state index contributed by atoms with van der Waals surface area (Å²) in [6, 6.07) is 6.60. The third-order valence-electron chi connectivity index (χ3n) is 8.76. The molecule has 1 aromatic carbocycles. The van der Waals surface area contributed by atoms with Gasteiger partial charge >= 0.3 is 0 Å². The fourth-order valence-electron chi connectivity index (χ4n) is 6.55. The number of benzene rings is 1. The van der Waals surface area contributed by atoms with Gasteiger partial charge in [0.1, 0.15) is 30.9 Å². The minimum atomic E-state index is -0.656. The number of amides is 2. The molecule has 4 aliphatic rings. The molecule has 0 bridgehead atoms. The van der Waals surface area contributed by atoms with Gasteiger partial charge in [-0.15, -0.1) is 0 Å². The Balaban J connectivity index is 1.31. The van der Waals surface area contributed by atoms with Crippen LogP contribution in [0.25, 0.3) is 0 Å². The van der Waals surface area contributed by atoms with Crippen molar-refractivity contribution in [1.82, 2.24) is 15.1 Å². The Morgan fingerprint density at radius 2 is 1.75 bits per heavy atom. The molecule has 3 saturated heterocycles. The van der Waals surface area contributed by atoms with E-state index in [9.17, 15) is 14.4 Å². The van der Waals surface area contributed by atoms with Crippen LogP contribution in [-0.2, 0) is 19.1 Å². The third kappa shape index (κ3) is 5.08. The van der Waals surface area contributed by atoms with Crippen molar-refractivity contribution in [3.63, 3.8) is 0 Å². The topological polar surface area (TPSA) is 88.2 Å². The van der Waals surface area contributed by atoms with Gasteiger partial charge in [0.05, 0.1) is 6.54 Å². The average molecular weight is 498 g/mol. The predicted octanol–water partition coefficient (Wildman–Crippen LogP) is 2.37. The molecule has 196 valence electrons. The standard InChI is InChI=1S/C28H39N3O5/c1-30-14-12-19(13-15-30)18-8-10-21(11-9-18)27(33)29-24(20-6-4-3-5-7-20)28(34)31-16-23(35-2)26-25(31)22(32)17-36-26/h8-11,19-20,23-26H,3-7,12-17H2,1-2H3,(H,29,33)/t23-,24-,25+,26+/m0/s1. The first-order valence-electron chi connectivity index (χ1n) is 13.5. The van der Waals surface area contributed by atoms with Gasteiger partial charge in [-0.2, -0.15) is 0 Å². The lowest BCUT2D eigenvalue weighted by molar-refractivity contribution is -0.139. The van der Waals surface area contributed by atoms with Crippen LogP contribution in [0, 0.1) is 5.92 Å². The lowest BCUT2D eigenvalue weighted by Gasteiger charge is -2.34. The monoisotopic (exact) mass is 497 g/mol. The molecule has 1 saturated carbocycles. The van der Waals surface area contributed by atoms with Crippen molar-refractivity contribution in [2.45, 2.75) is 75.2 Å². The number of carbonyl (C=O) groups excluding carboxylic acids is 3. The molecular weight excluding hydrogens is 458 g/mol. The summed E-state index contributed by atoms with van der Waals surface area (Å²) in [5, 5.41) is 3.08. The molecule has 1 aromatic rings. The van der Waals surface area contributed by atoms with Crippen LogP contribution in [0.4, 0.5) is 0 Å². The summed E-state index contributed by atoms with van der Waals surface area (Å²) in [6.45, 7) is 2.49. The number of hydrogen-bond acceptors (Lipinski definition) is 6. The Labute approximate surface area is 213 Å². The number of piperidine rings is 1. The highest BCUT2D eigenvalue weighted by molar-refractivity contribution is 5.99. The molecule has 0 spiro atoms. The first kappa shape index (κ1) is 25.4. The highest BCUT2D eigenvalue weighted by atomic mass is 16.5. The molecule has 0 unspecified atom stereocenters. The molecule has 3 heterocycles. The van der Waals surface area contributed by atoms with Gasteiger partial charge in [0.25, 0.3) is 5.91 Å². The van der Waals surface area contributed by atoms with Gasteiger partial charge in [0, 0.05) is 12.7 Å². The van der Waals surface area contributed by atoms with E-state index < -0.39 is 18.2 Å². The third-order valence-corrected chi connectivity index (χ3v) is 8.76. The largest absolute Gasteiger partial charge is 0.377 e. The molecule has 3 aliphatic heterocycles. The van der Waals surface area contributed by atoms with Gasteiger partial charge in [0.2, 0.25) is 5.91 Å². The molecule has 36 heavy (non-hydrogen) atoms. The van der Waals surface area contributed by atoms with Gasteiger partial charge in [0.15, 0.2) is 5.78 Å². The lowest BCUT2D eigenvalue weighted by atomic mass is 9.83. The number of Topliss-reactive ketones (excluding diaryl/α,β-unsaturated/α-hetero) is 1. The maximum atomic E-state index is 13.9. The van der Waals surface area contributed by atoms with E-state index in [4.69, 9.17) is 9.47 Å². The summed E-state index contributed by atoms with van der Waals surface area (Å²) >= 11 is 0. The van der Waals surface area contributed by atoms with E-state index in [1.807, 2.05) is 12.1 Å². The number of carbonyl (C=O) groups is 3. The van der Waals surface area contributed by atoms with Crippen LogP contribution in [0.3, 0.4) is 0 Å². The number of nitrogens with zero attached hydrogens (tertiary/aromatic N) is 2. The van der Waals surface area contributed by atoms with Crippen molar-refractivity contribution in [1.29, 1.82) is 0 Å². The van der Waals surface area contributed by atoms with Crippen LogP contribution in [-0.4, -0.2) is 92.1 Å². The van der Waals surface area contributed by atoms with E-state index >= 15 is 0 Å². The van der Waals surface area contributed by atoms with Crippen molar-refractivity contribution in [3.8, 4) is 0 Å². The smallest absolute Gasteiger partial charge is 0.251 e. The van der Waals surface area contributed by atoms with Crippen molar-refractivity contribution in [2.24, 2.45) is 5.92 Å². The van der Waals surface area contributed by atoms with E-state index in [1.165, 1.54) is 5.56 Å². The van der Waals surface area contributed by atoms with E-state index in [0.717, 1.165) is 58.0 Å². The van der Waals surface area contributed by atoms with Crippen molar-refractivity contribution < 1.29 is 23.9 Å². The minimum Gasteiger partial charge on any atom is -0.377 e. The Bertz CT molecular complexity index is 952. The Morgan fingerprint density at radius 1 is 1.06 bits per heavy atom. The van der Waals surface area contributed by atoms with E-state index in [0.29, 0.717) is 18.0 Å².